The zero-order valence-electron chi connectivity index (χ0n) is 15.8. The van der Waals surface area contributed by atoms with Crippen molar-refractivity contribution < 1.29 is 9.26 Å². The molecule has 4 rings (SSSR count). The van der Waals surface area contributed by atoms with Crippen LogP contribution >= 0.6 is 11.6 Å². The molecule has 0 radical (unpaired) electrons. The summed E-state index contributed by atoms with van der Waals surface area (Å²) in [4.78, 5) is 9.99. The lowest BCUT2D eigenvalue weighted by Gasteiger charge is -2.09. The quantitative estimate of drug-likeness (QED) is 0.496. The number of hydrogen-bond donors (Lipinski definition) is 1. The summed E-state index contributed by atoms with van der Waals surface area (Å²) in [5.41, 5.74) is 3.15. The van der Waals surface area contributed by atoms with Gasteiger partial charge in [-0.25, -0.2) is 0 Å². The highest BCUT2D eigenvalue weighted by Gasteiger charge is 2.14. The van der Waals surface area contributed by atoms with Crippen LogP contribution in [0.15, 0.2) is 53.1 Å². The first kappa shape index (κ1) is 18.5. The third-order valence-corrected chi connectivity index (χ3v) is 4.71. The van der Waals surface area contributed by atoms with Gasteiger partial charge in [0.05, 0.1) is 0 Å². The molecule has 0 aliphatic heterocycles. The Morgan fingerprint density at radius 1 is 1.14 bits per heavy atom. The molecule has 144 valence electrons. The standard InChI is InChI=1S/C21H21ClN4O2/c1-26(2)11-10-14-4-3-5-18-17(14)12-19(23-18)21-24-20(25-28-21)13-27-16-8-6-15(22)7-9-16/h3-9,12,23H,10-11,13H2,1-2H3. The van der Waals surface area contributed by atoms with Crippen molar-refractivity contribution >= 4 is 22.5 Å². The van der Waals surface area contributed by atoms with Crippen molar-refractivity contribution in [3.8, 4) is 17.3 Å². The van der Waals surface area contributed by atoms with E-state index in [0.29, 0.717) is 22.5 Å². The lowest BCUT2D eigenvalue weighted by molar-refractivity contribution is 0.287. The van der Waals surface area contributed by atoms with E-state index in [1.165, 1.54) is 10.9 Å². The second-order valence-electron chi connectivity index (χ2n) is 6.87. The van der Waals surface area contributed by atoms with E-state index in [0.717, 1.165) is 24.2 Å². The minimum absolute atomic E-state index is 0.222. The Hall–Kier alpha value is -2.83. The number of nitrogens with one attached hydrogen (secondary N) is 1. The van der Waals surface area contributed by atoms with Crippen LogP contribution in [0.2, 0.25) is 5.02 Å². The fraction of sp³-hybridized carbons (Fsp3) is 0.238. The van der Waals surface area contributed by atoms with E-state index in [1.54, 1.807) is 24.3 Å². The van der Waals surface area contributed by atoms with Crippen LogP contribution < -0.4 is 4.74 Å². The summed E-state index contributed by atoms with van der Waals surface area (Å²) < 4.78 is 11.1. The van der Waals surface area contributed by atoms with Gasteiger partial charge in [0, 0.05) is 22.5 Å². The minimum Gasteiger partial charge on any atom is -0.485 e. The zero-order valence-corrected chi connectivity index (χ0v) is 16.5. The van der Waals surface area contributed by atoms with E-state index in [2.05, 4.69) is 58.4 Å². The van der Waals surface area contributed by atoms with E-state index in [4.69, 9.17) is 20.9 Å². The van der Waals surface area contributed by atoms with E-state index in [1.807, 2.05) is 0 Å². The number of aromatic amines is 1. The first-order chi connectivity index (χ1) is 13.6. The van der Waals surface area contributed by atoms with Gasteiger partial charge in [0.2, 0.25) is 5.82 Å². The van der Waals surface area contributed by atoms with E-state index in [-0.39, 0.29) is 6.61 Å². The number of likely N-dealkylation sites (N-methyl/N-ethyl adjacent to an activating group) is 1. The highest BCUT2D eigenvalue weighted by Crippen LogP contribution is 2.26. The van der Waals surface area contributed by atoms with Crippen LogP contribution in [0, 0.1) is 0 Å². The number of fused-ring (bicyclic) bond motifs is 1. The summed E-state index contributed by atoms with van der Waals surface area (Å²) in [7, 11) is 4.16. The maximum absolute atomic E-state index is 5.88. The fourth-order valence-corrected chi connectivity index (χ4v) is 3.12. The molecule has 0 aliphatic carbocycles. The molecule has 1 N–H and O–H groups in total. The van der Waals surface area contributed by atoms with Gasteiger partial charge in [-0.2, -0.15) is 4.98 Å². The zero-order chi connectivity index (χ0) is 19.5. The molecule has 0 fully saturated rings. The fourth-order valence-electron chi connectivity index (χ4n) is 3.00. The van der Waals surface area contributed by atoms with Gasteiger partial charge in [0.25, 0.3) is 5.89 Å². The molecule has 2 aromatic carbocycles. The molecule has 7 heteroatoms. The third-order valence-electron chi connectivity index (χ3n) is 4.46. The van der Waals surface area contributed by atoms with Crippen LogP contribution in [0.4, 0.5) is 0 Å². The number of rotatable bonds is 7. The second-order valence-corrected chi connectivity index (χ2v) is 7.31. The Morgan fingerprint density at radius 2 is 1.96 bits per heavy atom. The lowest BCUT2D eigenvalue weighted by atomic mass is 10.1. The van der Waals surface area contributed by atoms with Gasteiger partial charge in [0.1, 0.15) is 11.4 Å². The number of benzene rings is 2. The van der Waals surface area contributed by atoms with Crippen LogP contribution in [0.5, 0.6) is 5.75 Å². The van der Waals surface area contributed by atoms with Crippen molar-refractivity contribution in [3.05, 3.63) is 64.9 Å². The summed E-state index contributed by atoms with van der Waals surface area (Å²) in [6.07, 6.45) is 0.978. The Kier molecular flexibility index (Phi) is 5.32. The average Bonchev–Trinajstić information content (AvgIpc) is 3.32. The van der Waals surface area contributed by atoms with Crippen LogP contribution in [0.1, 0.15) is 11.4 Å². The molecule has 0 unspecified atom stereocenters. The molecule has 0 saturated carbocycles. The summed E-state index contributed by atoms with van der Waals surface area (Å²) >= 11 is 5.88. The molecular weight excluding hydrogens is 376 g/mol. The van der Waals surface area contributed by atoms with Crippen LogP contribution in [-0.2, 0) is 13.0 Å². The predicted molar refractivity (Wildman–Crippen MR) is 110 cm³/mol. The van der Waals surface area contributed by atoms with Gasteiger partial charge in [-0.1, -0.05) is 28.9 Å². The molecule has 0 atom stereocenters. The molecule has 0 spiro atoms. The smallest absolute Gasteiger partial charge is 0.274 e. The Labute approximate surface area is 168 Å². The van der Waals surface area contributed by atoms with Crippen molar-refractivity contribution in [1.82, 2.24) is 20.0 Å². The molecule has 4 aromatic rings. The number of aromatic nitrogens is 3. The third kappa shape index (κ3) is 4.18. The van der Waals surface area contributed by atoms with E-state index < -0.39 is 0 Å². The molecule has 2 heterocycles. The van der Waals surface area contributed by atoms with Gasteiger partial charge in [-0.3, -0.25) is 0 Å². The van der Waals surface area contributed by atoms with Crippen molar-refractivity contribution in [2.24, 2.45) is 0 Å². The summed E-state index contributed by atoms with van der Waals surface area (Å²) in [5.74, 6) is 1.63. The highest BCUT2D eigenvalue weighted by molar-refractivity contribution is 6.30. The minimum atomic E-state index is 0.222. The van der Waals surface area contributed by atoms with Crippen LogP contribution in [0.3, 0.4) is 0 Å². The summed E-state index contributed by atoms with van der Waals surface area (Å²) in [5, 5.41) is 5.86. The van der Waals surface area contributed by atoms with Crippen LogP contribution in [-0.4, -0.2) is 40.7 Å². The number of halogens is 1. The van der Waals surface area contributed by atoms with Gasteiger partial charge in [-0.15, -0.1) is 0 Å². The molecule has 0 saturated heterocycles. The Bertz CT molecular complexity index is 1070. The lowest BCUT2D eigenvalue weighted by Crippen LogP contribution is -2.15. The first-order valence-electron chi connectivity index (χ1n) is 9.05. The Balaban J connectivity index is 1.50. The summed E-state index contributed by atoms with van der Waals surface area (Å²) in [6.45, 7) is 1.21. The normalized spacial score (nSPS) is 11.4. The maximum Gasteiger partial charge on any atom is 0.274 e. The second kappa shape index (κ2) is 8.04. The summed E-state index contributed by atoms with van der Waals surface area (Å²) in [6, 6.07) is 15.5. The van der Waals surface area contributed by atoms with Gasteiger partial charge < -0.3 is 19.1 Å². The first-order valence-corrected chi connectivity index (χ1v) is 9.43. The number of H-pyrrole nitrogens is 1. The molecule has 28 heavy (non-hydrogen) atoms. The van der Waals surface area contributed by atoms with Crippen molar-refractivity contribution in [2.45, 2.75) is 13.0 Å². The predicted octanol–water partition coefficient (Wildman–Crippen LogP) is 4.55. The van der Waals surface area contributed by atoms with Crippen molar-refractivity contribution in [1.29, 1.82) is 0 Å². The molecule has 0 aliphatic rings. The topological polar surface area (TPSA) is 67.2 Å². The maximum atomic E-state index is 5.88. The van der Waals surface area contributed by atoms with Gasteiger partial charge in [-0.05, 0) is 62.5 Å². The number of ether oxygens (including phenoxy) is 1. The monoisotopic (exact) mass is 396 g/mol. The van der Waals surface area contributed by atoms with Gasteiger partial charge in [0.15, 0.2) is 6.61 Å². The SMILES string of the molecule is CN(C)CCc1cccc2[nH]c(-c3nc(COc4ccc(Cl)cc4)no3)cc12. The van der Waals surface area contributed by atoms with Crippen LogP contribution in [0.25, 0.3) is 22.5 Å². The number of hydrogen-bond acceptors (Lipinski definition) is 5. The van der Waals surface area contributed by atoms with Gasteiger partial charge >= 0.3 is 0 Å². The largest absolute Gasteiger partial charge is 0.485 e. The molecule has 6 nitrogen and oxygen atoms in total. The molecule has 0 bridgehead atoms. The van der Waals surface area contributed by atoms with Crippen molar-refractivity contribution in [2.75, 3.05) is 20.6 Å². The Morgan fingerprint density at radius 3 is 2.75 bits per heavy atom. The molecular formula is C21H21ClN4O2. The molecule has 2 aromatic heterocycles. The highest BCUT2D eigenvalue weighted by atomic mass is 35.5. The van der Waals surface area contributed by atoms with Crippen molar-refractivity contribution in [3.63, 3.8) is 0 Å². The van der Waals surface area contributed by atoms with E-state index >= 15 is 0 Å². The van der Waals surface area contributed by atoms with E-state index in [9.17, 15) is 0 Å². The average molecular weight is 397 g/mol. The molecule has 0 amide bonds. The number of nitrogens with zero attached hydrogens (tertiary/aromatic N) is 3.